The van der Waals surface area contributed by atoms with Crippen LogP contribution in [0, 0.1) is 5.92 Å². The van der Waals surface area contributed by atoms with Crippen LogP contribution in [0.4, 0.5) is 0 Å². The quantitative estimate of drug-likeness (QED) is 0.635. The van der Waals surface area contributed by atoms with E-state index in [9.17, 15) is 4.79 Å². The fourth-order valence-electron chi connectivity index (χ4n) is 1.24. The molecule has 0 aromatic heterocycles. The number of methoxy groups -OCH3 is 1. The summed E-state index contributed by atoms with van der Waals surface area (Å²) in [6.45, 7) is 4.83. The molecule has 2 N–H and O–H groups in total. The smallest absolute Gasteiger partial charge is 0.222 e. The zero-order chi connectivity index (χ0) is 11.0. The molecule has 0 saturated carbocycles. The minimum Gasteiger partial charge on any atom is -0.393 e. The third kappa shape index (κ3) is 8.01. The Kier molecular flexibility index (Phi) is 7.42. The van der Waals surface area contributed by atoms with E-state index in [4.69, 9.17) is 9.84 Å². The third-order valence-corrected chi connectivity index (χ3v) is 1.92. The monoisotopic (exact) mass is 203 g/mol. The summed E-state index contributed by atoms with van der Waals surface area (Å²) in [7, 11) is 1.57. The summed E-state index contributed by atoms with van der Waals surface area (Å²) in [5.74, 6) is 0.311. The van der Waals surface area contributed by atoms with Crippen molar-refractivity contribution in [1.82, 2.24) is 5.32 Å². The molecule has 0 aliphatic rings. The average Bonchev–Trinajstić information content (AvgIpc) is 2.10. The number of hydrogen-bond donors (Lipinski definition) is 2. The van der Waals surface area contributed by atoms with Gasteiger partial charge in [0.05, 0.1) is 12.7 Å². The molecule has 2 atom stereocenters. The molecule has 0 fully saturated rings. The summed E-state index contributed by atoms with van der Waals surface area (Å²) in [5.41, 5.74) is 0. The summed E-state index contributed by atoms with van der Waals surface area (Å²) in [6.07, 6.45) is 0.809. The van der Waals surface area contributed by atoms with Crippen molar-refractivity contribution in [2.24, 2.45) is 5.92 Å². The Bertz CT molecular complexity index is 159. The largest absolute Gasteiger partial charge is 0.393 e. The van der Waals surface area contributed by atoms with Gasteiger partial charge in [-0.15, -0.1) is 0 Å². The van der Waals surface area contributed by atoms with Crippen LogP contribution in [0.2, 0.25) is 0 Å². The van der Waals surface area contributed by atoms with Crippen LogP contribution in [-0.4, -0.2) is 37.4 Å². The van der Waals surface area contributed by atoms with E-state index in [2.05, 4.69) is 5.32 Å². The van der Waals surface area contributed by atoms with Gasteiger partial charge in [-0.2, -0.15) is 0 Å². The number of aliphatic hydroxyl groups excluding tert-OH is 1. The highest BCUT2D eigenvalue weighted by atomic mass is 16.5. The molecular weight excluding hydrogens is 182 g/mol. The van der Waals surface area contributed by atoms with E-state index in [-0.39, 0.29) is 12.0 Å². The predicted octanol–water partition coefficient (Wildman–Crippen LogP) is 0.546. The second kappa shape index (κ2) is 7.76. The molecule has 0 rings (SSSR count). The lowest BCUT2D eigenvalue weighted by molar-refractivity contribution is -0.122. The SMILES string of the molecule is COCCC(=O)NCC(C)CC(C)O. The fourth-order valence-corrected chi connectivity index (χ4v) is 1.24. The van der Waals surface area contributed by atoms with E-state index in [1.54, 1.807) is 14.0 Å². The summed E-state index contributed by atoms with van der Waals surface area (Å²) < 4.78 is 4.78. The van der Waals surface area contributed by atoms with Crippen molar-refractivity contribution < 1.29 is 14.6 Å². The molecule has 0 aromatic carbocycles. The van der Waals surface area contributed by atoms with Crippen molar-refractivity contribution in [3.63, 3.8) is 0 Å². The van der Waals surface area contributed by atoms with Crippen LogP contribution in [0.3, 0.4) is 0 Å². The number of carbonyl (C=O) groups is 1. The highest BCUT2D eigenvalue weighted by Gasteiger charge is 2.07. The number of nitrogens with one attached hydrogen (secondary N) is 1. The second-order valence-corrected chi connectivity index (χ2v) is 3.74. The third-order valence-electron chi connectivity index (χ3n) is 1.92. The molecule has 0 aromatic rings. The van der Waals surface area contributed by atoms with E-state index in [1.807, 2.05) is 6.92 Å². The second-order valence-electron chi connectivity index (χ2n) is 3.74. The van der Waals surface area contributed by atoms with Crippen molar-refractivity contribution in [2.75, 3.05) is 20.3 Å². The fraction of sp³-hybridized carbons (Fsp3) is 0.900. The van der Waals surface area contributed by atoms with Crippen molar-refractivity contribution in [3.8, 4) is 0 Å². The number of amides is 1. The van der Waals surface area contributed by atoms with Gasteiger partial charge in [0.1, 0.15) is 0 Å². The molecule has 1 amide bonds. The Morgan fingerprint density at radius 1 is 1.50 bits per heavy atom. The van der Waals surface area contributed by atoms with Crippen LogP contribution in [0.15, 0.2) is 0 Å². The average molecular weight is 203 g/mol. The molecule has 0 heterocycles. The standard InChI is InChI=1S/C10H21NO3/c1-8(6-9(2)12)7-11-10(13)4-5-14-3/h8-9,12H,4-7H2,1-3H3,(H,11,13). The van der Waals surface area contributed by atoms with Gasteiger partial charge in [-0.3, -0.25) is 4.79 Å². The van der Waals surface area contributed by atoms with Crippen LogP contribution in [-0.2, 0) is 9.53 Å². The molecular formula is C10H21NO3. The summed E-state index contributed by atoms with van der Waals surface area (Å²) in [5, 5.41) is 11.9. The predicted molar refractivity (Wildman–Crippen MR) is 55.0 cm³/mol. The van der Waals surface area contributed by atoms with Gasteiger partial charge < -0.3 is 15.2 Å². The van der Waals surface area contributed by atoms with Gasteiger partial charge >= 0.3 is 0 Å². The number of hydrogen-bond acceptors (Lipinski definition) is 3. The van der Waals surface area contributed by atoms with Crippen LogP contribution in [0.25, 0.3) is 0 Å². The van der Waals surface area contributed by atoms with Gasteiger partial charge in [0, 0.05) is 20.1 Å². The van der Waals surface area contributed by atoms with Crippen molar-refractivity contribution in [3.05, 3.63) is 0 Å². The van der Waals surface area contributed by atoms with Crippen molar-refractivity contribution in [2.45, 2.75) is 32.8 Å². The first-order chi connectivity index (χ1) is 6.56. The molecule has 0 aliphatic heterocycles. The van der Waals surface area contributed by atoms with E-state index in [0.29, 0.717) is 31.9 Å². The highest BCUT2D eigenvalue weighted by Crippen LogP contribution is 2.03. The number of rotatable bonds is 7. The number of ether oxygens (including phenoxy) is 1. The highest BCUT2D eigenvalue weighted by molar-refractivity contribution is 5.75. The van der Waals surface area contributed by atoms with E-state index >= 15 is 0 Å². The zero-order valence-electron chi connectivity index (χ0n) is 9.25. The maximum absolute atomic E-state index is 11.1. The molecule has 14 heavy (non-hydrogen) atoms. The first kappa shape index (κ1) is 13.4. The maximum atomic E-state index is 11.1. The molecule has 0 bridgehead atoms. The van der Waals surface area contributed by atoms with Crippen LogP contribution >= 0.6 is 0 Å². The normalized spacial score (nSPS) is 14.9. The van der Waals surface area contributed by atoms with Gasteiger partial charge in [-0.1, -0.05) is 6.92 Å². The Morgan fingerprint density at radius 3 is 2.64 bits per heavy atom. The Balaban J connectivity index is 3.45. The van der Waals surface area contributed by atoms with Gasteiger partial charge in [-0.25, -0.2) is 0 Å². The minimum atomic E-state index is -0.305. The minimum absolute atomic E-state index is 0.00397. The van der Waals surface area contributed by atoms with E-state index < -0.39 is 0 Å². The first-order valence-electron chi connectivity index (χ1n) is 5.00. The Hall–Kier alpha value is -0.610. The first-order valence-corrected chi connectivity index (χ1v) is 5.00. The topological polar surface area (TPSA) is 58.6 Å². The van der Waals surface area contributed by atoms with Crippen LogP contribution in [0.1, 0.15) is 26.7 Å². The van der Waals surface area contributed by atoms with Gasteiger partial charge in [-0.05, 0) is 19.3 Å². The van der Waals surface area contributed by atoms with Crippen LogP contribution < -0.4 is 5.32 Å². The summed E-state index contributed by atoms with van der Waals surface area (Å²) >= 11 is 0. The summed E-state index contributed by atoms with van der Waals surface area (Å²) in [4.78, 5) is 11.1. The lowest BCUT2D eigenvalue weighted by Gasteiger charge is -2.13. The molecule has 4 nitrogen and oxygen atoms in total. The molecule has 4 heteroatoms. The molecule has 0 radical (unpaired) electrons. The lowest BCUT2D eigenvalue weighted by atomic mass is 10.0. The molecule has 0 spiro atoms. The van der Waals surface area contributed by atoms with Crippen LogP contribution in [0.5, 0.6) is 0 Å². The summed E-state index contributed by atoms with van der Waals surface area (Å²) in [6, 6.07) is 0. The molecule has 0 saturated heterocycles. The van der Waals surface area contributed by atoms with Gasteiger partial charge in [0.25, 0.3) is 0 Å². The number of aliphatic hydroxyl groups is 1. The molecule has 2 unspecified atom stereocenters. The zero-order valence-corrected chi connectivity index (χ0v) is 9.25. The maximum Gasteiger partial charge on any atom is 0.222 e. The van der Waals surface area contributed by atoms with Gasteiger partial charge in [0.2, 0.25) is 5.91 Å². The lowest BCUT2D eigenvalue weighted by Crippen LogP contribution is -2.30. The number of carbonyl (C=O) groups excluding carboxylic acids is 1. The molecule has 84 valence electrons. The van der Waals surface area contributed by atoms with Crippen molar-refractivity contribution >= 4 is 5.91 Å². The van der Waals surface area contributed by atoms with Gasteiger partial charge in [0.15, 0.2) is 0 Å². The Labute approximate surface area is 85.6 Å². The Morgan fingerprint density at radius 2 is 2.14 bits per heavy atom. The van der Waals surface area contributed by atoms with E-state index in [1.165, 1.54) is 0 Å². The van der Waals surface area contributed by atoms with E-state index in [0.717, 1.165) is 0 Å². The van der Waals surface area contributed by atoms with Crippen molar-refractivity contribution in [1.29, 1.82) is 0 Å². The molecule has 0 aliphatic carbocycles.